The molecular formula is C17H29NO3Si. The van der Waals surface area contributed by atoms with E-state index in [0.29, 0.717) is 19.8 Å². The van der Waals surface area contributed by atoms with E-state index < -0.39 is 13.8 Å². The Hall–Kier alpha value is -0.723. The summed E-state index contributed by atoms with van der Waals surface area (Å²) in [5.74, 6) is 0. The van der Waals surface area contributed by atoms with Gasteiger partial charge < -0.3 is 19.3 Å². The fourth-order valence-electron chi connectivity index (χ4n) is 3.74. The Morgan fingerprint density at radius 3 is 2.27 bits per heavy atom. The van der Waals surface area contributed by atoms with Crippen LogP contribution in [0, 0.1) is 0 Å². The van der Waals surface area contributed by atoms with Crippen molar-refractivity contribution in [2.45, 2.75) is 50.9 Å². The second kappa shape index (κ2) is 7.70. The molecule has 0 saturated carbocycles. The zero-order valence-corrected chi connectivity index (χ0v) is 15.0. The summed E-state index contributed by atoms with van der Waals surface area (Å²) >= 11 is 0. The monoisotopic (exact) mass is 323 g/mol. The Bertz CT molecular complexity index is 445. The lowest BCUT2D eigenvalue weighted by Gasteiger charge is -2.52. The first-order valence-electron chi connectivity index (χ1n) is 8.39. The molecule has 0 aromatic heterocycles. The number of hydrogen-bond donors (Lipinski definition) is 1. The summed E-state index contributed by atoms with van der Waals surface area (Å²) in [6.07, 6.45) is 1.97. The van der Waals surface area contributed by atoms with Crippen LogP contribution >= 0.6 is 0 Å². The molecular weight excluding hydrogens is 294 g/mol. The molecule has 124 valence electrons. The number of hydrogen-bond acceptors (Lipinski definition) is 4. The predicted molar refractivity (Wildman–Crippen MR) is 90.8 cm³/mol. The van der Waals surface area contributed by atoms with Gasteiger partial charge in [0.15, 0.2) is 5.22 Å². The van der Waals surface area contributed by atoms with Crippen molar-refractivity contribution in [2.75, 3.05) is 19.8 Å². The van der Waals surface area contributed by atoms with E-state index in [4.69, 9.17) is 19.3 Å². The quantitative estimate of drug-likeness (QED) is 0.784. The molecule has 1 aliphatic rings. The number of benzene rings is 1. The molecule has 2 N–H and O–H groups in total. The van der Waals surface area contributed by atoms with Gasteiger partial charge in [-0.15, -0.1) is 0 Å². The van der Waals surface area contributed by atoms with Crippen LogP contribution in [-0.4, -0.2) is 34.4 Å². The molecule has 1 aliphatic heterocycles. The molecule has 1 aromatic carbocycles. The maximum Gasteiger partial charge on any atom is 0.377 e. The highest BCUT2D eigenvalue weighted by atomic mass is 28.4. The molecule has 5 heteroatoms. The molecule has 0 spiro atoms. The van der Waals surface area contributed by atoms with Gasteiger partial charge in [-0.25, -0.2) is 0 Å². The van der Waals surface area contributed by atoms with Crippen molar-refractivity contribution in [3.05, 3.63) is 35.9 Å². The lowest BCUT2D eigenvalue weighted by Crippen LogP contribution is -2.71. The summed E-state index contributed by atoms with van der Waals surface area (Å²) in [5, 5.41) is -0.632. The minimum atomic E-state index is -2.63. The Morgan fingerprint density at radius 2 is 1.73 bits per heavy atom. The third kappa shape index (κ3) is 2.88. The van der Waals surface area contributed by atoms with Gasteiger partial charge in [-0.2, -0.15) is 0 Å². The first kappa shape index (κ1) is 17.6. The van der Waals surface area contributed by atoms with Crippen LogP contribution in [0.3, 0.4) is 0 Å². The summed E-state index contributed by atoms with van der Waals surface area (Å²) in [4.78, 5) is 0. The highest BCUT2D eigenvalue weighted by molar-refractivity contribution is 6.70. The first-order chi connectivity index (χ1) is 10.7. The van der Waals surface area contributed by atoms with Crippen molar-refractivity contribution in [2.24, 2.45) is 5.73 Å². The highest BCUT2D eigenvalue weighted by Gasteiger charge is 2.64. The lowest BCUT2D eigenvalue weighted by molar-refractivity contribution is -0.0564. The molecule has 2 atom stereocenters. The average molecular weight is 324 g/mol. The van der Waals surface area contributed by atoms with E-state index in [0.717, 1.165) is 24.4 Å². The van der Waals surface area contributed by atoms with Crippen LogP contribution in [0.2, 0.25) is 6.04 Å². The van der Waals surface area contributed by atoms with Crippen molar-refractivity contribution in [3.8, 4) is 0 Å². The molecule has 0 radical (unpaired) electrons. The van der Waals surface area contributed by atoms with Crippen LogP contribution in [0.5, 0.6) is 0 Å². The summed E-state index contributed by atoms with van der Waals surface area (Å²) in [6, 6.07) is 11.1. The Kier molecular flexibility index (Phi) is 6.17. The fraction of sp³-hybridized carbons (Fsp3) is 0.647. The van der Waals surface area contributed by atoms with E-state index >= 15 is 0 Å². The molecule has 22 heavy (non-hydrogen) atoms. The first-order valence-corrected chi connectivity index (χ1v) is 10.4. The molecule has 4 nitrogen and oxygen atoms in total. The Morgan fingerprint density at radius 1 is 1.09 bits per heavy atom. The molecule has 0 amide bonds. The van der Waals surface area contributed by atoms with Crippen LogP contribution in [-0.2, 0) is 18.8 Å². The largest absolute Gasteiger partial charge is 0.393 e. The second-order valence-electron chi connectivity index (χ2n) is 5.65. The van der Waals surface area contributed by atoms with Crippen LogP contribution < -0.4 is 5.73 Å². The summed E-state index contributed by atoms with van der Waals surface area (Å²) in [6.45, 7) is 7.91. The van der Waals surface area contributed by atoms with Gasteiger partial charge >= 0.3 is 8.56 Å². The zero-order valence-electron chi connectivity index (χ0n) is 14.0. The van der Waals surface area contributed by atoms with Crippen molar-refractivity contribution in [1.82, 2.24) is 0 Å². The number of nitrogens with two attached hydrogens (primary N) is 1. The highest BCUT2D eigenvalue weighted by Crippen LogP contribution is 2.47. The normalized spacial score (nSPS) is 27.7. The average Bonchev–Trinajstić information content (AvgIpc) is 2.52. The van der Waals surface area contributed by atoms with E-state index in [1.807, 2.05) is 39.0 Å². The molecule has 2 unspecified atom stereocenters. The maximum atomic E-state index is 6.62. The molecule has 1 heterocycles. The van der Waals surface area contributed by atoms with E-state index in [9.17, 15) is 0 Å². The Balaban J connectivity index is 2.60. The summed E-state index contributed by atoms with van der Waals surface area (Å²) < 4.78 is 19.0. The predicted octanol–water partition coefficient (Wildman–Crippen LogP) is 3.09. The van der Waals surface area contributed by atoms with Crippen LogP contribution in [0.1, 0.15) is 39.2 Å². The van der Waals surface area contributed by atoms with Crippen molar-refractivity contribution in [3.63, 3.8) is 0 Å². The van der Waals surface area contributed by atoms with Crippen LogP contribution in [0.25, 0.3) is 0 Å². The van der Waals surface area contributed by atoms with Crippen molar-refractivity contribution in [1.29, 1.82) is 0 Å². The smallest absolute Gasteiger partial charge is 0.377 e. The van der Waals surface area contributed by atoms with E-state index in [-0.39, 0.29) is 6.04 Å². The standard InChI is InChI=1S/C17H29NO3Si/c1-4-19-17(15-11-8-7-9-12-15)16(18)13-10-14-22(17,20-5-2)21-6-3/h7-9,11-12,16H,4-6,10,13-14,18H2,1-3H3. The summed E-state index contributed by atoms with van der Waals surface area (Å²) in [7, 11) is -2.63. The molecule has 1 fully saturated rings. The van der Waals surface area contributed by atoms with E-state index in [2.05, 4.69) is 12.1 Å². The van der Waals surface area contributed by atoms with Crippen LogP contribution in [0.4, 0.5) is 0 Å². The number of ether oxygens (including phenoxy) is 1. The second-order valence-corrected chi connectivity index (χ2v) is 8.98. The van der Waals surface area contributed by atoms with Crippen LogP contribution in [0.15, 0.2) is 30.3 Å². The van der Waals surface area contributed by atoms with Gasteiger partial charge in [0.25, 0.3) is 0 Å². The molecule has 1 aromatic rings. The minimum Gasteiger partial charge on any atom is -0.393 e. The lowest BCUT2D eigenvalue weighted by atomic mass is 9.97. The summed E-state index contributed by atoms with van der Waals surface area (Å²) in [5.41, 5.74) is 7.71. The van der Waals surface area contributed by atoms with Gasteiger partial charge in [0, 0.05) is 25.9 Å². The van der Waals surface area contributed by atoms with Crippen molar-refractivity contribution >= 4 is 8.56 Å². The molecule has 2 rings (SSSR count). The molecule has 0 bridgehead atoms. The van der Waals surface area contributed by atoms with Gasteiger partial charge in [-0.3, -0.25) is 0 Å². The third-order valence-electron chi connectivity index (χ3n) is 4.44. The molecule has 0 aliphatic carbocycles. The van der Waals surface area contributed by atoms with E-state index in [1.54, 1.807) is 0 Å². The SMILES string of the molecule is CCOC1(c2ccccc2)C(N)CCC[Si]1(OCC)OCC. The fourth-order valence-corrected chi connectivity index (χ4v) is 8.20. The van der Waals surface area contributed by atoms with Gasteiger partial charge in [0.2, 0.25) is 0 Å². The molecule has 1 saturated heterocycles. The van der Waals surface area contributed by atoms with Gasteiger partial charge in [0.1, 0.15) is 0 Å². The minimum absolute atomic E-state index is 0.103. The van der Waals surface area contributed by atoms with Gasteiger partial charge in [0.05, 0.1) is 0 Å². The zero-order chi connectivity index (χ0) is 16.1. The topological polar surface area (TPSA) is 53.7 Å². The third-order valence-corrected chi connectivity index (χ3v) is 8.90. The maximum absolute atomic E-state index is 6.62. The van der Waals surface area contributed by atoms with Gasteiger partial charge in [-0.05, 0) is 45.2 Å². The Labute approximate surface area is 135 Å². The van der Waals surface area contributed by atoms with Crippen molar-refractivity contribution < 1.29 is 13.6 Å². The number of rotatable bonds is 7. The van der Waals surface area contributed by atoms with E-state index in [1.165, 1.54) is 0 Å². The van der Waals surface area contributed by atoms with Gasteiger partial charge in [-0.1, -0.05) is 30.3 Å².